The minimum atomic E-state index is -4.96. The minimum Gasteiger partial charge on any atom is -0.497 e. The largest absolute Gasteiger partial charge is 0.497 e. The predicted molar refractivity (Wildman–Crippen MR) is 96.4 cm³/mol. The van der Waals surface area contributed by atoms with Gasteiger partial charge in [0.25, 0.3) is 0 Å². The molecule has 0 spiro atoms. The highest BCUT2D eigenvalue weighted by Crippen LogP contribution is 2.21. The molecule has 2 N–H and O–H groups in total. The summed E-state index contributed by atoms with van der Waals surface area (Å²) in [7, 11) is 1.56. The van der Waals surface area contributed by atoms with Gasteiger partial charge in [-0.25, -0.2) is 0 Å². The number of ether oxygens (including phenoxy) is 1. The fourth-order valence-electron chi connectivity index (χ4n) is 2.15. The van der Waals surface area contributed by atoms with Crippen molar-refractivity contribution in [2.24, 2.45) is 0 Å². The van der Waals surface area contributed by atoms with Crippen LogP contribution in [0.3, 0.4) is 0 Å². The third-order valence-corrected chi connectivity index (χ3v) is 3.56. The van der Waals surface area contributed by atoms with Gasteiger partial charge in [0.05, 0.1) is 7.11 Å². The van der Waals surface area contributed by atoms with E-state index in [2.05, 4.69) is 5.32 Å². The molecule has 0 aromatic heterocycles. The maximum absolute atomic E-state index is 12.2. The van der Waals surface area contributed by atoms with Crippen molar-refractivity contribution in [3.63, 3.8) is 0 Å². The Morgan fingerprint density at radius 1 is 0.926 bits per heavy atom. The lowest BCUT2D eigenvalue weighted by Crippen LogP contribution is -2.29. The molecule has 0 aliphatic heterocycles. The van der Waals surface area contributed by atoms with Gasteiger partial charge in [-0.05, 0) is 54.5 Å². The van der Waals surface area contributed by atoms with Crippen LogP contribution in [0.5, 0.6) is 5.75 Å². The third kappa shape index (κ3) is 5.88. The molecule has 2 rings (SSSR count). The highest BCUT2D eigenvalue weighted by Gasteiger charge is 2.38. The molecule has 0 saturated carbocycles. The molecule has 0 heterocycles. The summed E-state index contributed by atoms with van der Waals surface area (Å²) in [4.78, 5) is 23.0. The van der Waals surface area contributed by atoms with Crippen LogP contribution in [0, 0.1) is 0 Å². The number of amides is 2. The van der Waals surface area contributed by atoms with Gasteiger partial charge in [-0.1, -0.05) is 12.1 Å². The van der Waals surface area contributed by atoms with Gasteiger partial charge >= 0.3 is 12.1 Å². The molecule has 2 aromatic carbocycles. The van der Waals surface area contributed by atoms with Crippen LogP contribution >= 0.6 is 0 Å². The molecule has 0 fully saturated rings. The second-order valence-electron chi connectivity index (χ2n) is 5.57. The van der Waals surface area contributed by atoms with Crippen molar-refractivity contribution in [1.82, 2.24) is 0 Å². The summed E-state index contributed by atoms with van der Waals surface area (Å²) in [6.45, 7) is 1.77. The molecule has 0 saturated heterocycles. The van der Waals surface area contributed by atoms with Gasteiger partial charge in [-0.3, -0.25) is 9.59 Å². The van der Waals surface area contributed by atoms with E-state index in [0.29, 0.717) is 11.4 Å². The SMILES string of the molecule is COc1ccc(/C(C)=C/C(=O)Nc2ccc(NC(=O)C(F)(F)F)cc2)cc1. The monoisotopic (exact) mass is 378 g/mol. The number of carbonyl (C=O) groups is 2. The van der Waals surface area contributed by atoms with Gasteiger partial charge in [0, 0.05) is 17.5 Å². The van der Waals surface area contributed by atoms with E-state index in [1.807, 2.05) is 12.1 Å². The molecule has 0 radical (unpaired) electrons. The molecule has 0 unspecified atom stereocenters. The number of nitrogens with one attached hydrogen (secondary N) is 2. The van der Waals surface area contributed by atoms with Gasteiger partial charge in [0.2, 0.25) is 5.91 Å². The number of carbonyl (C=O) groups excluding carboxylic acids is 2. The Hall–Kier alpha value is -3.29. The maximum atomic E-state index is 12.2. The van der Waals surface area contributed by atoms with Crippen LogP contribution in [0.25, 0.3) is 5.57 Å². The average molecular weight is 378 g/mol. The number of hydrogen-bond donors (Lipinski definition) is 2. The van der Waals surface area contributed by atoms with Crippen LogP contribution in [0.4, 0.5) is 24.5 Å². The van der Waals surface area contributed by atoms with Crippen molar-refractivity contribution in [2.45, 2.75) is 13.1 Å². The molecule has 142 valence electrons. The van der Waals surface area contributed by atoms with Gasteiger partial charge in [0.15, 0.2) is 0 Å². The molecule has 2 aromatic rings. The Bertz CT molecular complexity index is 842. The minimum absolute atomic E-state index is 0.0275. The highest BCUT2D eigenvalue weighted by molar-refractivity contribution is 6.04. The van der Waals surface area contributed by atoms with Crippen molar-refractivity contribution >= 4 is 28.8 Å². The van der Waals surface area contributed by atoms with Gasteiger partial charge in [0.1, 0.15) is 5.75 Å². The van der Waals surface area contributed by atoms with E-state index >= 15 is 0 Å². The lowest BCUT2D eigenvalue weighted by molar-refractivity contribution is -0.167. The number of methoxy groups -OCH3 is 1. The molecular weight excluding hydrogens is 361 g/mol. The number of alkyl halides is 3. The number of hydrogen-bond acceptors (Lipinski definition) is 3. The lowest BCUT2D eigenvalue weighted by Gasteiger charge is -2.09. The molecule has 27 heavy (non-hydrogen) atoms. The van der Waals surface area contributed by atoms with E-state index in [4.69, 9.17) is 4.74 Å². The first-order chi connectivity index (χ1) is 12.7. The van der Waals surface area contributed by atoms with Crippen LogP contribution < -0.4 is 15.4 Å². The molecular formula is C19H17F3N2O3. The van der Waals surface area contributed by atoms with Crippen LogP contribution in [-0.4, -0.2) is 25.1 Å². The summed E-state index contributed by atoms with van der Waals surface area (Å²) in [6.07, 6.45) is -3.56. The van der Waals surface area contributed by atoms with Gasteiger partial charge in [-0.2, -0.15) is 13.2 Å². The van der Waals surface area contributed by atoms with E-state index in [-0.39, 0.29) is 5.69 Å². The number of benzene rings is 2. The van der Waals surface area contributed by atoms with E-state index in [1.165, 1.54) is 30.3 Å². The van der Waals surface area contributed by atoms with Crippen LogP contribution in [0.1, 0.15) is 12.5 Å². The molecule has 0 bridgehead atoms. The summed E-state index contributed by atoms with van der Waals surface area (Å²) in [5.41, 5.74) is 1.92. The Balaban J connectivity index is 1.99. The number of allylic oxidation sites excluding steroid dienone is 1. The molecule has 0 atom stereocenters. The summed E-state index contributed by atoms with van der Waals surface area (Å²) in [6, 6.07) is 12.5. The standard InChI is InChI=1S/C19H17F3N2O3/c1-12(13-3-9-16(27-2)10-4-13)11-17(25)23-14-5-7-15(8-6-14)24-18(26)19(20,21)22/h3-11H,1-2H3,(H,23,25)(H,24,26)/b12-11+. The first-order valence-corrected chi connectivity index (χ1v) is 7.81. The fraction of sp³-hybridized carbons (Fsp3) is 0.158. The van der Waals surface area contributed by atoms with Crippen molar-refractivity contribution in [3.8, 4) is 5.75 Å². The Labute approximate surface area is 153 Å². The smallest absolute Gasteiger partial charge is 0.471 e. The second kappa shape index (κ2) is 8.39. The van der Waals surface area contributed by atoms with Gasteiger partial charge < -0.3 is 15.4 Å². The summed E-state index contributed by atoms with van der Waals surface area (Å²) >= 11 is 0. The summed E-state index contributed by atoms with van der Waals surface area (Å²) in [5.74, 6) is -1.75. The van der Waals surface area contributed by atoms with Crippen molar-refractivity contribution in [2.75, 3.05) is 17.7 Å². The Morgan fingerprint density at radius 3 is 1.93 bits per heavy atom. The first-order valence-electron chi connectivity index (χ1n) is 7.81. The first kappa shape index (κ1) is 20.0. The predicted octanol–water partition coefficient (Wildman–Crippen LogP) is 4.24. The molecule has 0 aliphatic carbocycles. The van der Waals surface area contributed by atoms with Gasteiger partial charge in [-0.15, -0.1) is 0 Å². The van der Waals surface area contributed by atoms with Crippen LogP contribution in [0.2, 0.25) is 0 Å². The Kier molecular flexibility index (Phi) is 6.23. The number of halogens is 3. The van der Waals surface area contributed by atoms with E-state index in [0.717, 1.165) is 11.1 Å². The molecule has 2 amide bonds. The summed E-state index contributed by atoms with van der Waals surface area (Å²) in [5, 5.41) is 4.33. The van der Waals surface area contributed by atoms with Crippen LogP contribution in [-0.2, 0) is 9.59 Å². The van der Waals surface area contributed by atoms with Crippen molar-refractivity contribution in [1.29, 1.82) is 0 Å². The lowest BCUT2D eigenvalue weighted by atomic mass is 10.1. The molecule has 8 heteroatoms. The third-order valence-electron chi connectivity index (χ3n) is 3.56. The normalized spacial score (nSPS) is 11.7. The summed E-state index contributed by atoms with van der Waals surface area (Å²) < 4.78 is 41.7. The zero-order chi connectivity index (χ0) is 20.0. The second-order valence-corrected chi connectivity index (χ2v) is 5.57. The highest BCUT2D eigenvalue weighted by atomic mass is 19.4. The van der Waals surface area contributed by atoms with Crippen LogP contribution in [0.15, 0.2) is 54.6 Å². The van der Waals surface area contributed by atoms with E-state index in [1.54, 1.807) is 31.5 Å². The van der Waals surface area contributed by atoms with E-state index < -0.39 is 18.0 Å². The average Bonchev–Trinajstić information content (AvgIpc) is 2.62. The Morgan fingerprint density at radius 2 is 1.44 bits per heavy atom. The number of rotatable bonds is 5. The van der Waals surface area contributed by atoms with E-state index in [9.17, 15) is 22.8 Å². The quantitative estimate of drug-likeness (QED) is 0.765. The zero-order valence-corrected chi connectivity index (χ0v) is 14.6. The molecule has 5 nitrogen and oxygen atoms in total. The molecule has 0 aliphatic rings. The maximum Gasteiger partial charge on any atom is 0.471 e. The topological polar surface area (TPSA) is 67.4 Å². The zero-order valence-electron chi connectivity index (χ0n) is 14.6. The number of anilines is 2. The fourth-order valence-corrected chi connectivity index (χ4v) is 2.15. The van der Waals surface area contributed by atoms with Crippen molar-refractivity contribution < 1.29 is 27.5 Å². The van der Waals surface area contributed by atoms with Crippen molar-refractivity contribution in [3.05, 3.63) is 60.2 Å².